The molecule has 3 aliphatic heterocycles. The van der Waals surface area contributed by atoms with Crippen molar-refractivity contribution in [2.75, 3.05) is 19.6 Å². The SMILES string of the molecule is CC[N+]12C=C(C)C(C)N=C1C(OC1CCNCC1)=Nc1ccc(Cl)cc12. The summed E-state index contributed by atoms with van der Waals surface area (Å²) in [4.78, 5) is 9.87. The van der Waals surface area contributed by atoms with E-state index in [0.717, 1.165) is 54.7 Å². The molecule has 1 aromatic rings. The number of ether oxygens (including phenoxy) is 1. The Balaban J connectivity index is 1.84. The highest BCUT2D eigenvalue weighted by atomic mass is 35.5. The summed E-state index contributed by atoms with van der Waals surface area (Å²) in [5.41, 5.74) is 3.24. The van der Waals surface area contributed by atoms with Crippen molar-refractivity contribution in [2.24, 2.45) is 9.98 Å². The molecule has 2 atom stereocenters. The van der Waals surface area contributed by atoms with Crippen LogP contribution >= 0.6 is 11.6 Å². The van der Waals surface area contributed by atoms with E-state index in [9.17, 15) is 0 Å². The maximum absolute atomic E-state index is 6.40. The summed E-state index contributed by atoms with van der Waals surface area (Å²) >= 11 is 6.33. The Morgan fingerprint density at radius 1 is 1.31 bits per heavy atom. The van der Waals surface area contributed by atoms with Crippen LogP contribution in [0.4, 0.5) is 11.4 Å². The monoisotopic (exact) mass is 373 g/mol. The van der Waals surface area contributed by atoms with Crippen LogP contribution in [0.2, 0.25) is 5.02 Å². The highest BCUT2D eigenvalue weighted by molar-refractivity contribution is 6.44. The number of hydrogen-bond acceptors (Lipinski definition) is 4. The van der Waals surface area contributed by atoms with E-state index in [-0.39, 0.29) is 12.1 Å². The highest BCUT2D eigenvalue weighted by Gasteiger charge is 2.47. The quantitative estimate of drug-likeness (QED) is 0.790. The van der Waals surface area contributed by atoms with E-state index >= 15 is 0 Å². The summed E-state index contributed by atoms with van der Waals surface area (Å²) in [5, 5.41) is 4.10. The average Bonchev–Trinajstić information content (AvgIpc) is 2.65. The van der Waals surface area contributed by atoms with Gasteiger partial charge in [-0.15, -0.1) is 0 Å². The molecule has 6 heteroatoms. The van der Waals surface area contributed by atoms with Crippen molar-refractivity contribution in [1.29, 1.82) is 0 Å². The number of rotatable bonds is 2. The van der Waals surface area contributed by atoms with E-state index in [1.807, 2.05) is 18.2 Å². The number of halogens is 1. The zero-order valence-corrected chi connectivity index (χ0v) is 16.4. The van der Waals surface area contributed by atoms with Crippen LogP contribution in [0.5, 0.6) is 0 Å². The van der Waals surface area contributed by atoms with Crippen molar-refractivity contribution < 1.29 is 4.74 Å². The van der Waals surface area contributed by atoms with Gasteiger partial charge in [-0.1, -0.05) is 11.6 Å². The summed E-state index contributed by atoms with van der Waals surface area (Å²) in [5.74, 6) is 1.57. The second-order valence-corrected chi connectivity index (χ2v) is 7.74. The molecule has 1 N–H and O–H groups in total. The second kappa shape index (κ2) is 6.80. The van der Waals surface area contributed by atoms with Crippen molar-refractivity contribution in [1.82, 2.24) is 9.80 Å². The molecular formula is C20H26ClN4O+. The number of quaternary nitrogens is 1. The van der Waals surface area contributed by atoms with Crippen molar-refractivity contribution in [2.45, 2.75) is 45.8 Å². The van der Waals surface area contributed by atoms with Crippen molar-refractivity contribution in [3.05, 3.63) is 35.0 Å². The molecule has 0 saturated carbocycles. The Morgan fingerprint density at radius 2 is 2.08 bits per heavy atom. The number of likely N-dealkylation sites (N-methyl/N-ethyl adjacent to an activating group) is 1. The lowest BCUT2D eigenvalue weighted by Crippen LogP contribution is -2.57. The lowest BCUT2D eigenvalue weighted by Gasteiger charge is -2.40. The summed E-state index contributed by atoms with van der Waals surface area (Å²) in [6.45, 7) is 9.25. The minimum atomic E-state index is 0.130. The third-order valence-electron chi connectivity index (χ3n) is 5.62. The van der Waals surface area contributed by atoms with E-state index < -0.39 is 0 Å². The van der Waals surface area contributed by atoms with Gasteiger partial charge in [0.15, 0.2) is 5.69 Å². The normalized spacial score (nSPS) is 28.5. The number of hydrogen-bond donors (Lipinski definition) is 1. The molecule has 5 nitrogen and oxygen atoms in total. The van der Waals surface area contributed by atoms with Gasteiger partial charge < -0.3 is 10.1 Å². The van der Waals surface area contributed by atoms with Gasteiger partial charge in [-0.3, -0.25) is 0 Å². The molecule has 2 unspecified atom stereocenters. The minimum Gasteiger partial charge on any atom is -0.469 e. The first kappa shape index (κ1) is 17.7. The van der Waals surface area contributed by atoms with Crippen LogP contribution in [0.1, 0.15) is 33.6 Å². The number of nitrogens with zero attached hydrogens (tertiary/aromatic N) is 3. The number of piperidine rings is 1. The largest absolute Gasteiger partial charge is 0.469 e. The standard InChI is InChI=1S/C20H26ClN4O/c1-4-25-12-13(2)14(3)23-19(25)20(26-16-7-9-22-10-8-16)24-17-6-5-15(21)11-18(17)25/h5-6,11-12,14,16,22H,4,7-10H2,1-3H3/q+1. The van der Waals surface area contributed by atoms with Gasteiger partial charge >= 0.3 is 0 Å². The first-order chi connectivity index (χ1) is 12.5. The number of nitrogens with one attached hydrogen (secondary N) is 1. The molecule has 0 spiro atoms. The highest BCUT2D eigenvalue weighted by Crippen LogP contribution is 2.43. The molecule has 1 saturated heterocycles. The molecule has 0 aliphatic carbocycles. The van der Waals surface area contributed by atoms with E-state index in [2.05, 4.69) is 32.3 Å². The molecule has 138 valence electrons. The molecule has 0 radical (unpaired) electrons. The van der Waals surface area contributed by atoms with E-state index in [1.54, 1.807) is 0 Å². The van der Waals surface area contributed by atoms with Crippen LogP contribution in [0, 0.1) is 0 Å². The molecule has 3 aliphatic rings. The van der Waals surface area contributed by atoms with Crippen LogP contribution in [-0.2, 0) is 4.74 Å². The van der Waals surface area contributed by atoms with Gasteiger partial charge in [0.25, 0.3) is 11.7 Å². The summed E-state index contributed by atoms with van der Waals surface area (Å²) in [6.07, 6.45) is 4.47. The van der Waals surface area contributed by atoms with Crippen LogP contribution in [0.3, 0.4) is 0 Å². The number of aliphatic imine (C=N–C) groups is 2. The first-order valence-electron chi connectivity index (χ1n) is 9.45. The molecule has 26 heavy (non-hydrogen) atoms. The van der Waals surface area contributed by atoms with Gasteiger partial charge in [0.2, 0.25) is 0 Å². The third-order valence-corrected chi connectivity index (χ3v) is 5.86. The Kier molecular flexibility index (Phi) is 4.63. The van der Waals surface area contributed by atoms with Crippen LogP contribution in [0.15, 0.2) is 40.0 Å². The summed E-state index contributed by atoms with van der Waals surface area (Å²) in [7, 11) is 0. The molecule has 1 fully saturated rings. The van der Waals surface area contributed by atoms with Gasteiger partial charge in [-0.05, 0) is 58.8 Å². The van der Waals surface area contributed by atoms with Crippen LogP contribution < -0.4 is 9.80 Å². The third kappa shape index (κ3) is 2.88. The molecule has 0 aromatic heterocycles. The number of benzene rings is 1. The molecule has 1 aromatic carbocycles. The topological polar surface area (TPSA) is 46.0 Å². The molecule has 4 rings (SSSR count). The Morgan fingerprint density at radius 3 is 2.81 bits per heavy atom. The minimum absolute atomic E-state index is 0.130. The first-order valence-corrected chi connectivity index (χ1v) is 9.83. The molecule has 0 amide bonds. The maximum Gasteiger partial charge on any atom is 0.300 e. The zero-order valence-electron chi connectivity index (χ0n) is 15.6. The Bertz CT molecular complexity index is 810. The van der Waals surface area contributed by atoms with Crippen molar-refractivity contribution in [3.63, 3.8) is 0 Å². The molecule has 0 bridgehead atoms. The van der Waals surface area contributed by atoms with E-state index in [0.29, 0.717) is 10.4 Å². The van der Waals surface area contributed by atoms with Gasteiger partial charge in [0.05, 0.1) is 12.6 Å². The zero-order chi connectivity index (χ0) is 18.3. The van der Waals surface area contributed by atoms with E-state index in [4.69, 9.17) is 26.3 Å². The fourth-order valence-corrected chi connectivity index (χ4v) is 4.11. The van der Waals surface area contributed by atoms with Gasteiger partial charge in [-0.2, -0.15) is 0 Å². The predicted octanol–water partition coefficient (Wildman–Crippen LogP) is 4.18. The van der Waals surface area contributed by atoms with Crippen LogP contribution in [0.25, 0.3) is 0 Å². The lowest BCUT2D eigenvalue weighted by atomic mass is 10.0. The van der Waals surface area contributed by atoms with Crippen LogP contribution in [-0.4, -0.2) is 43.5 Å². The summed E-state index contributed by atoms with van der Waals surface area (Å²) in [6, 6.07) is 6.02. The Labute approximate surface area is 160 Å². The smallest absolute Gasteiger partial charge is 0.300 e. The maximum atomic E-state index is 6.40. The second-order valence-electron chi connectivity index (χ2n) is 7.30. The molecule has 3 heterocycles. The fourth-order valence-electron chi connectivity index (χ4n) is 3.95. The van der Waals surface area contributed by atoms with Crippen molar-refractivity contribution >= 4 is 34.7 Å². The van der Waals surface area contributed by atoms with Gasteiger partial charge in [0, 0.05) is 16.7 Å². The molecular weight excluding hydrogens is 348 g/mol. The average molecular weight is 374 g/mol. The van der Waals surface area contributed by atoms with Gasteiger partial charge in [-0.25, -0.2) is 14.5 Å². The number of fused-ring (bicyclic) bond motifs is 3. The van der Waals surface area contributed by atoms with E-state index in [1.165, 1.54) is 5.57 Å². The number of amidine groups is 1. The summed E-state index contributed by atoms with van der Waals surface area (Å²) < 4.78 is 6.92. The predicted molar refractivity (Wildman–Crippen MR) is 109 cm³/mol. The lowest BCUT2D eigenvalue weighted by molar-refractivity contribution is 0.152. The fraction of sp³-hybridized carbons (Fsp3) is 0.500. The van der Waals surface area contributed by atoms with Crippen molar-refractivity contribution in [3.8, 4) is 0 Å². The Hall–Kier alpha value is -1.69. The van der Waals surface area contributed by atoms with Gasteiger partial charge in [0.1, 0.15) is 18.0 Å².